The molecule has 0 aromatic heterocycles. The van der Waals surface area contributed by atoms with Crippen molar-refractivity contribution >= 4 is 25.3 Å². The van der Waals surface area contributed by atoms with Gasteiger partial charge in [0.2, 0.25) is 10.3 Å². The van der Waals surface area contributed by atoms with Crippen LogP contribution in [0.15, 0.2) is 23.8 Å². The summed E-state index contributed by atoms with van der Waals surface area (Å²) in [6, 6.07) is 0. The molecule has 0 aromatic carbocycles. The molecule has 0 amide bonds. The molecule has 0 spiro atoms. The Morgan fingerprint density at radius 3 is 2.71 bits per heavy atom. The minimum absolute atomic E-state index is 0.264. The van der Waals surface area contributed by atoms with Gasteiger partial charge < -0.3 is 4.74 Å². The smallest absolute Gasteiger partial charge is 0.264 e. The fourth-order valence-electron chi connectivity index (χ4n) is 2.57. The van der Waals surface area contributed by atoms with Crippen LogP contribution in [0.4, 0.5) is 0 Å². The van der Waals surface area contributed by atoms with Crippen molar-refractivity contribution in [3.8, 4) is 0 Å². The normalized spacial score (nSPS) is 30.1. The van der Waals surface area contributed by atoms with Crippen LogP contribution < -0.4 is 0 Å². The number of allylic oxidation sites excluding steroid dienone is 3. The van der Waals surface area contributed by atoms with Crippen molar-refractivity contribution in [1.29, 1.82) is 0 Å². The minimum atomic E-state index is -3.53. The molecule has 3 unspecified atom stereocenters. The number of hydrogen-bond donors (Lipinski definition) is 0. The first kappa shape index (κ1) is 16.4. The van der Waals surface area contributed by atoms with Crippen molar-refractivity contribution in [2.45, 2.75) is 32.0 Å². The lowest BCUT2D eigenvalue weighted by molar-refractivity contribution is -0.0405. The average Bonchev–Trinajstić information content (AvgIpc) is 2.36. The molecule has 0 bridgehead atoms. The van der Waals surface area contributed by atoms with Crippen LogP contribution in [0.5, 0.6) is 0 Å². The van der Waals surface area contributed by atoms with Gasteiger partial charge in [0.05, 0.1) is 23.3 Å². The lowest BCUT2D eigenvalue weighted by atomic mass is 9.87. The first-order chi connectivity index (χ1) is 9.76. The Kier molecular flexibility index (Phi) is 5.03. The Labute approximate surface area is 126 Å². The van der Waals surface area contributed by atoms with E-state index < -0.39 is 38.5 Å². The summed E-state index contributed by atoms with van der Waals surface area (Å²) < 4.78 is 55.8. The lowest BCUT2D eigenvalue weighted by Crippen LogP contribution is -2.39. The fraction of sp³-hybridized carbons (Fsp3) is 0.615. The second-order valence-corrected chi connectivity index (χ2v) is 7.81. The summed E-state index contributed by atoms with van der Waals surface area (Å²) in [5, 5.41) is 0. The van der Waals surface area contributed by atoms with Crippen LogP contribution in [0.1, 0.15) is 19.8 Å². The molecule has 0 radical (unpaired) electrons. The van der Waals surface area contributed by atoms with Crippen LogP contribution in [0.2, 0.25) is 0 Å². The standard InChI is InChI=1S/C13H18O6S2/c1-9-3-4-11(13(7-9)20(14)15)12-8-10(5-6-18-12)19-21(2,16)17/h3-4,7,10-12H,5-6,8H2,1-2H3. The van der Waals surface area contributed by atoms with Gasteiger partial charge in [-0.05, 0) is 19.4 Å². The maximum Gasteiger partial charge on any atom is 0.264 e. The second kappa shape index (κ2) is 6.43. The maximum atomic E-state index is 11.4. The maximum absolute atomic E-state index is 11.4. The monoisotopic (exact) mass is 334 g/mol. The quantitative estimate of drug-likeness (QED) is 0.558. The molecule has 0 N–H and O–H groups in total. The van der Waals surface area contributed by atoms with Gasteiger partial charge >= 0.3 is 0 Å². The van der Waals surface area contributed by atoms with E-state index in [-0.39, 0.29) is 4.86 Å². The van der Waals surface area contributed by atoms with E-state index in [1.807, 2.05) is 13.0 Å². The van der Waals surface area contributed by atoms with E-state index in [1.165, 1.54) is 0 Å². The van der Waals surface area contributed by atoms with Crippen LogP contribution in [-0.2, 0) is 29.3 Å². The van der Waals surface area contributed by atoms with Gasteiger partial charge in [0.1, 0.15) is 0 Å². The third-order valence-corrected chi connectivity index (χ3v) is 4.83. The topological polar surface area (TPSA) is 86.7 Å². The van der Waals surface area contributed by atoms with Crippen LogP contribution in [0.3, 0.4) is 0 Å². The predicted octanol–water partition coefficient (Wildman–Crippen LogP) is 0.694. The molecule has 118 valence electrons. The van der Waals surface area contributed by atoms with Crippen LogP contribution in [0, 0.1) is 5.92 Å². The van der Waals surface area contributed by atoms with Gasteiger partial charge in [-0.2, -0.15) is 16.8 Å². The Hall–Kier alpha value is -0.960. The molecule has 2 rings (SSSR count). The van der Waals surface area contributed by atoms with E-state index in [1.54, 1.807) is 12.2 Å². The van der Waals surface area contributed by atoms with Crippen LogP contribution in [-0.4, -0.2) is 46.8 Å². The van der Waals surface area contributed by atoms with E-state index in [0.717, 1.165) is 11.8 Å². The number of rotatable bonds is 3. The van der Waals surface area contributed by atoms with Crippen LogP contribution in [0.25, 0.3) is 0 Å². The van der Waals surface area contributed by atoms with Gasteiger partial charge in [-0.3, -0.25) is 4.18 Å². The highest BCUT2D eigenvalue weighted by Crippen LogP contribution is 2.28. The first-order valence-electron chi connectivity index (χ1n) is 6.59. The van der Waals surface area contributed by atoms with Gasteiger partial charge in [0.25, 0.3) is 10.1 Å². The highest BCUT2D eigenvalue weighted by atomic mass is 32.2. The third-order valence-electron chi connectivity index (χ3n) is 3.44. The van der Waals surface area contributed by atoms with Crippen molar-refractivity contribution in [3.05, 3.63) is 23.8 Å². The Morgan fingerprint density at radius 2 is 2.10 bits per heavy atom. The van der Waals surface area contributed by atoms with E-state index >= 15 is 0 Å². The Morgan fingerprint density at radius 1 is 1.38 bits per heavy atom. The number of ether oxygens (including phenoxy) is 1. The zero-order valence-electron chi connectivity index (χ0n) is 11.9. The summed E-state index contributed by atoms with van der Waals surface area (Å²) in [5.41, 5.74) is 0.852. The minimum Gasteiger partial charge on any atom is -0.377 e. The summed E-state index contributed by atoms with van der Waals surface area (Å²) >= 11 is 0. The first-order valence-corrected chi connectivity index (χ1v) is 9.48. The van der Waals surface area contributed by atoms with Gasteiger partial charge in [0.15, 0.2) is 0 Å². The third kappa shape index (κ3) is 4.50. The van der Waals surface area contributed by atoms with E-state index in [0.29, 0.717) is 19.4 Å². The molecule has 3 atom stereocenters. The molecule has 2 aliphatic rings. The highest BCUT2D eigenvalue weighted by Gasteiger charge is 2.33. The number of hydrogen-bond acceptors (Lipinski definition) is 6. The Balaban J connectivity index is 2.18. The summed E-state index contributed by atoms with van der Waals surface area (Å²) in [6.45, 7) is 2.16. The van der Waals surface area contributed by atoms with Gasteiger partial charge in [-0.1, -0.05) is 17.7 Å². The van der Waals surface area contributed by atoms with Crippen molar-refractivity contribution in [1.82, 2.24) is 0 Å². The Bertz CT molecular complexity index is 691. The van der Waals surface area contributed by atoms with Crippen molar-refractivity contribution in [2.75, 3.05) is 12.9 Å². The van der Waals surface area contributed by atoms with Crippen molar-refractivity contribution in [2.24, 2.45) is 5.92 Å². The van der Waals surface area contributed by atoms with Crippen LogP contribution >= 0.6 is 0 Å². The van der Waals surface area contributed by atoms with Crippen molar-refractivity contribution < 1.29 is 25.8 Å². The molecule has 0 saturated carbocycles. The predicted molar refractivity (Wildman–Crippen MR) is 79.0 cm³/mol. The summed E-state index contributed by atoms with van der Waals surface area (Å²) in [5.74, 6) is -0.405. The van der Waals surface area contributed by atoms with Gasteiger partial charge in [-0.15, -0.1) is 0 Å². The molecule has 21 heavy (non-hydrogen) atoms. The highest BCUT2D eigenvalue weighted by molar-refractivity contribution is 7.86. The molecule has 1 fully saturated rings. The molecule has 1 aliphatic carbocycles. The molecule has 1 saturated heterocycles. The SMILES string of the molecule is CC1=CC(=S(=O)=O)C(C2CC(OS(C)(=O)=O)CCO2)C=C1. The average molecular weight is 334 g/mol. The zero-order chi connectivity index (χ0) is 15.6. The lowest BCUT2D eigenvalue weighted by Gasteiger charge is -2.33. The summed E-state index contributed by atoms with van der Waals surface area (Å²) in [6.07, 6.45) is 6.19. The summed E-state index contributed by atoms with van der Waals surface area (Å²) in [4.78, 5) is 0.264. The van der Waals surface area contributed by atoms with E-state index in [9.17, 15) is 16.8 Å². The largest absolute Gasteiger partial charge is 0.377 e. The van der Waals surface area contributed by atoms with Gasteiger partial charge in [-0.25, -0.2) is 0 Å². The molecule has 1 heterocycles. The molecule has 8 heteroatoms. The molecule has 6 nitrogen and oxygen atoms in total. The summed E-state index contributed by atoms with van der Waals surface area (Å²) in [7, 11) is -5.87. The molecular weight excluding hydrogens is 316 g/mol. The van der Waals surface area contributed by atoms with Gasteiger partial charge in [0, 0.05) is 18.9 Å². The molecular formula is C13H18O6S2. The second-order valence-electron chi connectivity index (χ2n) is 5.27. The molecule has 0 aromatic rings. The van der Waals surface area contributed by atoms with E-state index in [2.05, 4.69) is 0 Å². The fourth-order valence-corrected chi connectivity index (χ4v) is 3.97. The molecule has 1 aliphatic heterocycles. The van der Waals surface area contributed by atoms with E-state index in [4.69, 9.17) is 8.92 Å². The zero-order valence-corrected chi connectivity index (χ0v) is 13.5. The van der Waals surface area contributed by atoms with Crippen molar-refractivity contribution in [3.63, 3.8) is 0 Å².